The van der Waals surface area contributed by atoms with Gasteiger partial charge >= 0.3 is 0 Å². The van der Waals surface area contributed by atoms with Gasteiger partial charge in [-0.1, -0.05) is 0 Å². The molecule has 1 aliphatic rings. The van der Waals surface area contributed by atoms with E-state index in [9.17, 15) is 0 Å². The van der Waals surface area contributed by atoms with Gasteiger partial charge in [-0.25, -0.2) is 9.97 Å². The summed E-state index contributed by atoms with van der Waals surface area (Å²) in [4.78, 5) is 11.2. The Balaban J connectivity index is 1.73. The number of hydrogen-bond donors (Lipinski definition) is 0. The van der Waals surface area contributed by atoms with Crippen LogP contribution in [0.1, 0.15) is 22.6 Å². The maximum atomic E-state index is 4.51. The van der Waals surface area contributed by atoms with Crippen molar-refractivity contribution < 1.29 is 0 Å². The van der Waals surface area contributed by atoms with Gasteiger partial charge in [-0.15, -0.1) is 0 Å². The van der Waals surface area contributed by atoms with Crippen LogP contribution in [0.2, 0.25) is 0 Å². The maximum absolute atomic E-state index is 4.51. The lowest BCUT2D eigenvalue weighted by atomic mass is 10.1. The molecule has 0 radical (unpaired) electrons. The summed E-state index contributed by atoms with van der Waals surface area (Å²) in [6.45, 7) is 4.88. The van der Waals surface area contributed by atoms with E-state index >= 15 is 0 Å². The zero-order valence-electron chi connectivity index (χ0n) is 10.8. The monoisotopic (exact) mass is 243 g/mol. The van der Waals surface area contributed by atoms with Crippen molar-refractivity contribution in [3.05, 3.63) is 41.2 Å². The first-order chi connectivity index (χ1) is 8.70. The second kappa shape index (κ2) is 4.49. The van der Waals surface area contributed by atoms with Gasteiger partial charge in [0.1, 0.15) is 5.82 Å². The lowest BCUT2D eigenvalue weighted by Crippen LogP contribution is -2.30. The largest absolute Gasteiger partial charge is 0.294 e. The molecule has 0 saturated carbocycles. The Bertz CT molecular complexity index is 560. The lowest BCUT2D eigenvalue weighted by Gasteiger charge is -2.27. The molecule has 0 N–H and O–H groups in total. The Kier molecular flexibility index (Phi) is 2.83. The molecule has 0 unspecified atom stereocenters. The summed E-state index contributed by atoms with van der Waals surface area (Å²) >= 11 is 0. The molecule has 0 aromatic carbocycles. The van der Waals surface area contributed by atoms with Gasteiger partial charge in [0.05, 0.1) is 6.20 Å². The standard InChI is InChI=1S/C13H17N5/c1-10-14-6-12-9-18(4-3-13(12)16-10)8-11-5-15-17(2)7-11/h5-7H,3-4,8-9H2,1-2H3. The van der Waals surface area contributed by atoms with Crippen LogP contribution in [0.3, 0.4) is 0 Å². The summed E-state index contributed by atoms with van der Waals surface area (Å²) in [6.07, 6.45) is 6.98. The molecule has 0 amide bonds. The van der Waals surface area contributed by atoms with E-state index in [1.165, 1.54) is 16.8 Å². The van der Waals surface area contributed by atoms with Crippen LogP contribution in [0.4, 0.5) is 0 Å². The van der Waals surface area contributed by atoms with Crippen molar-refractivity contribution in [2.45, 2.75) is 26.4 Å². The fourth-order valence-corrected chi connectivity index (χ4v) is 2.42. The van der Waals surface area contributed by atoms with Crippen LogP contribution < -0.4 is 0 Å². The van der Waals surface area contributed by atoms with Gasteiger partial charge in [0.2, 0.25) is 0 Å². The van der Waals surface area contributed by atoms with Gasteiger partial charge in [-0.2, -0.15) is 5.10 Å². The van der Waals surface area contributed by atoms with Crippen molar-refractivity contribution in [1.29, 1.82) is 0 Å². The van der Waals surface area contributed by atoms with E-state index in [1.807, 2.05) is 31.0 Å². The minimum atomic E-state index is 0.870. The average molecular weight is 243 g/mol. The van der Waals surface area contributed by atoms with Crippen molar-refractivity contribution in [3.8, 4) is 0 Å². The van der Waals surface area contributed by atoms with Crippen molar-refractivity contribution in [1.82, 2.24) is 24.6 Å². The molecule has 0 aliphatic carbocycles. The third-order valence-electron chi connectivity index (χ3n) is 3.30. The molecule has 0 fully saturated rings. The van der Waals surface area contributed by atoms with Gasteiger partial charge < -0.3 is 0 Å². The second-order valence-electron chi connectivity index (χ2n) is 4.87. The average Bonchev–Trinajstić information content (AvgIpc) is 2.75. The van der Waals surface area contributed by atoms with Crippen molar-refractivity contribution in [3.63, 3.8) is 0 Å². The smallest absolute Gasteiger partial charge is 0.125 e. The summed E-state index contributed by atoms with van der Waals surface area (Å²) in [5, 5.41) is 4.20. The SMILES string of the molecule is Cc1ncc2c(n1)CCN(Cc1cnn(C)c1)C2. The molecule has 2 aromatic rings. The molecule has 3 heterocycles. The third-order valence-corrected chi connectivity index (χ3v) is 3.30. The summed E-state index contributed by atoms with van der Waals surface area (Å²) in [7, 11) is 1.95. The van der Waals surface area contributed by atoms with Gasteiger partial charge in [-0.3, -0.25) is 9.58 Å². The number of rotatable bonds is 2. The number of nitrogens with zero attached hydrogens (tertiary/aromatic N) is 5. The summed E-state index contributed by atoms with van der Waals surface area (Å²) in [5.41, 5.74) is 3.73. The molecular weight excluding hydrogens is 226 g/mol. The van der Waals surface area contributed by atoms with Crippen LogP contribution in [-0.2, 0) is 26.6 Å². The zero-order chi connectivity index (χ0) is 12.5. The van der Waals surface area contributed by atoms with Crippen molar-refractivity contribution in [2.24, 2.45) is 7.05 Å². The fourth-order valence-electron chi connectivity index (χ4n) is 2.42. The Morgan fingerprint density at radius 1 is 1.33 bits per heavy atom. The predicted molar refractivity (Wildman–Crippen MR) is 67.8 cm³/mol. The predicted octanol–water partition coefficient (Wildman–Crippen LogP) is 1.08. The maximum Gasteiger partial charge on any atom is 0.125 e. The first kappa shape index (κ1) is 11.3. The van der Waals surface area contributed by atoms with E-state index in [4.69, 9.17) is 0 Å². The normalized spacial score (nSPS) is 15.7. The van der Waals surface area contributed by atoms with Gasteiger partial charge in [0, 0.05) is 62.3 Å². The van der Waals surface area contributed by atoms with Crippen molar-refractivity contribution in [2.75, 3.05) is 6.54 Å². The molecule has 3 rings (SSSR count). The van der Waals surface area contributed by atoms with Gasteiger partial charge in [0.15, 0.2) is 0 Å². The summed E-state index contributed by atoms with van der Waals surface area (Å²) in [5.74, 6) is 0.870. The minimum Gasteiger partial charge on any atom is -0.294 e. The molecule has 0 bridgehead atoms. The Morgan fingerprint density at radius 2 is 2.22 bits per heavy atom. The summed E-state index contributed by atoms with van der Waals surface area (Å²) < 4.78 is 1.85. The molecule has 2 aromatic heterocycles. The molecule has 0 spiro atoms. The molecule has 0 atom stereocenters. The number of aryl methyl sites for hydroxylation is 2. The lowest BCUT2D eigenvalue weighted by molar-refractivity contribution is 0.242. The van der Waals surface area contributed by atoms with Crippen LogP contribution in [0.15, 0.2) is 18.6 Å². The minimum absolute atomic E-state index is 0.870. The van der Waals surface area contributed by atoms with Crippen LogP contribution >= 0.6 is 0 Å². The van der Waals surface area contributed by atoms with Crippen LogP contribution in [0.5, 0.6) is 0 Å². The van der Waals surface area contributed by atoms with E-state index in [0.717, 1.165) is 31.9 Å². The topological polar surface area (TPSA) is 46.8 Å². The van der Waals surface area contributed by atoms with Crippen LogP contribution in [0, 0.1) is 6.92 Å². The quantitative estimate of drug-likeness (QED) is 0.792. The van der Waals surface area contributed by atoms with E-state index in [-0.39, 0.29) is 0 Å². The van der Waals surface area contributed by atoms with E-state index < -0.39 is 0 Å². The molecule has 18 heavy (non-hydrogen) atoms. The van der Waals surface area contributed by atoms with Crippen LogP contribution in [0.25, 0.3) is 0 Å². The first-order valence-electron chi connectivity index (χ1n) is 6.22. The Hall–Kier alpha value is -1.75. The van der Waals surface area contributed by atoms with E-state index in [2.05, 4.69) is 26.2 Å². The molecule has 5 nitrogen and oxygen atoms in total. The highest BCUT2D eigenvalue weighted by Gasteiger charge is 2.18. The number of hydrogen-bond acceptors (Lipinski definition) is 4. The molecule has 5 heteroatoms. The third kappa shape index (κ3) is 2.26. The highest BCUT2D eigenvalue weighted by molar-refractivity contribution is 5.20. The second-order valence-corrected chi connectivity index (χ2v) is 4.87. The molecule has 0 saturated heterocycles. The van der Waals surface area contributed by atoms with E-state index in [0.29, 0.717) is 0 Å². The Labute approximate surface area is 106 Å². The van der Waals surface area contributed by atoms with Gasteiger partial charge in [0.25, 0.3) is 0 Å². The number of fused-ring (bicyclic) bond motifs is 1. The van der Waals surface area contributed by atoms with E-state index in [1.54, 1.807) is 0 Å². The fraction of sp³-hybridized carbons (Fsp3) is 0.462. The highest BCUT2D eigenvalue weighted by atomic mass is 15.2. The van der Waals surface area contributed by atoms with Crippen molar-refractivity contribution >= 4 is 0 Å². The summed E-state index contributed by atoms with van der Waals surface area (Å²) in [6, 6.07) is 0. The van der Waals surface area contributed by atoms with Crippen LogP contribution in [-0.4, -0.2) is 31.2 Å². The highest BCUT2D eigenvalue weighted by Crippen LogP contribution is 2.18. The molecular formula is C13H17N5. The first-order valence-corrected chi connectivity index (χ1v) is 6.22. The Morgan fingerprint density at radius 3 is 3.00 bits per heavy atom. The molecule has 1 aliphatic heterocycles. The molecule has 94 valence electrons. The van der Waals surface area contributed by atoms with Gasteiger partial charge in [-0.05, 0) is 6.92 Å². The number of aromatic nitrogens is 4. The zero-order valence-corrected chi connectivity index (χ0v) is 10.8.